The van der Waals surface area contributed by atoms with Gasteiger partial charge in [-0.05, 0) is 38.2 Å². The van der Waals surface area contributed by atoms with E-state index >= 15 is 0 Å². The van der Waals surface area contributed by atoms with Gasteiger partial charge in [-0.2, -0.15) is 5.10 Å². The second-order valence-corrected chi connectivity index (χ2v) is 6.20. The molecule has 0 saturated heterocycles. The minimum Gasteiger partial charge on any atom is -0.388 e. The number of carbonyl (C=O) groups is 1. The smallest absolute Gasteiger partial charge is 0.269 e. The fourth-order valence-electron chi connectivity index (χ4n) is 2.94. The molecular weight excluding hydrogens is 282 g/mol. The first-order valence-corrected chi connectivity index (χ1v) is 8.07. The van der Waals surface area contributed by atoms with Gasteiger partial charge in [0.15, 0.2) is 0 Å². The van der Waals surface area contributed by atoms with E-state index in [2.05, 4.69) is 24.3 Å². The van der Waals surface area contributed by atoms with Crippen LogP contribution in [0.1, 0.15) is 62.1 Å². The van der Waals surface area contributed by atoms with Crippen molar-refractivity contribution in [1.82, 2.24) is 15.1 Å². The van der Waals surface area contributed by atoms with Crippen molar-refractivity contribution in [2.24, 2.45) is 0 Å². The zero-order chi connectivity index (χ0) is 16.3. The average molecular weight is 309 g/mol. The molecule has 0 aliphatic heterocycles. The molecule has 1 aromatic heterocycles. The number of aliphatic hydroxyl groups excluding tert-OH is 1. The van der Waals surface area contributed by atoms with Crippen molar-refractivity contribution in [2.45, 2.75) is 70.7 Å². The Morgan fingerprint density at radius 2 is 2.27 bits per heavy atom. The first-order chi connectivity index (χ1) is 10.5. The maximum Gasteiger partial charge on any atom is 0.269 e. The molecule has 6 nitrogen and oxygen atoms in total. The zero-order valence-corrected chi connectivity index (χ0v) is 13.9. The molecule has 1 fully saturated rings. The molecule has 1 aliphatic carbocycles. The monoisotopic (exact) mass is 309 g/mol. The minimum atomic E-state index is -0.662. The van der Waals surface area contributed by atoms with Gasteiger partial charge in [-0.15, -0.1) is 0 Å². The van der Waals surface area contributed by atoms with Gasteiger partial charge in [0.25, 0.3) is 5.91 Å². The Morgan fingerprint density at radius 1 is 1.55 bits per heavy atom. The molecule has 1 saturated carbocycles. The van der Waals surface area contributed by atoms with Gasteiger partial charge in [-0.1, -0.05) is 13.8 Å². The Bertz CT molecular complexity index is 513. The van der Waals surface area contributed by atoms with Crippen LogP contribution >= 0.6 is 0 Å². The van der Waals surface area contributed by atoms with E-state index in [4.69, 9.17) is 4.74 Å². The van der Waals surface area contributed by atoms with Crippen LogP contribution in [0.25, 0.3) is 0 Å². The number of carbonyl (C=O) groups excluding carboxylic acids is 1. The first-order valence-electron chi connectivity index (χ1n) is 8.07. The van der Waals surface area contributed by atoms with Crippen molar-refractivity contribution in [1.29, 1.82) is 0 Å². The highest BCUT2D eigenvalue weighted by molar-refractivity contribution is 5.93. The zero-order valence-electron chi connectivity index (χ0n) is 13.9. The van der Waals surface area contributed by atoms with Crippen LogP contribution in [0.2, 0.25) is 0 Å². The maximum absolute atomic E-state index is 12.5. The Kier molecular flexibility index (Phi) is 5.58. The van der Waals surface area contributed by atoms with Crippen molar-refractivity contribution in [3.63, 3.8) is 0 Å². The van der Waals surface area contributed by atoms with E-state index < -0.39 is 6.10 Å². The van der Waals surface area contributed by atoms with Crippen LogP contribution < -0.4 is 5.32 Å². The molecule has 0 bridgehead atoms. The third-order valence-corrected chi connectivity index (χ3v) is 4.34. The van der Waals surface area contributed by atoms with Crippen molar-refractivity contribution in [3.05, 3.63) is 17.5 Å². The third-order valence-electron chi connectivity index (χ3n) is 4.34. The molecule has 1 aliphatic rings. The number of nitrogens with one attached hydrogen (secondary N) is 1. The number of rotatable bonds is 5. The summed E-state index contributed by atoms with van der Waals surface area (Å²) in [5, 5.41) is 17.7. The summed E-state index contributed by atoms with van der Waals surface area (Å²) in [6.07, 6.45) is 1.66. The molecule has 0 spiro atoms. The summed E-state index contributed by atoms with van der Waals surface area (Å²) in [6, 6.07) is 1.57. The van der Waals surface area contributed by atoms with E-state index in [9.17, 15) is 9.90 Å². The van der Waals surface area contributed by atoms with Crippen LogP contribution in [0.15, 0.2) is 6.07 Å². The number of aliphatic hydroxyl groups is 1. The van der Waals surface area contributed by atoms with E-state index in [-0.39, 0.29) is 24.0 Å². The second-order valence-electron chi connectivity index (χ2n) is 6.20. The van der Waals surface area contributed by atoms with Crippen LogP contribution in [0.5, 0.6) is 0 Å². The fraction of sp³-hybridized carbons (Fsp3) is 0.750. The fourth-order valence-corrected chi connectivity index (χ4v) is 2.94. The number of nitrogens with zero attached hydrogens (tertiary/aromatic N) is 2. The lowest BCUT2D eigenvalue weighted by molar-refractivity contribution is -0.0513. The molecule has 22 heavy (non-hydrogen) atoms. The molecular formula is C16H27N3O3. The quantitative estimate of drug-likeness (QED) is 0.868. The summed E-state index contributed by atoms with van der Waals surface area (Å²) in [5.74, 6) is 0.0968. The number of amides is 1. The summed E-state index contributed by atoms with van der Waals surface area (Å²) in [7, 11) is 1.60. The maximum atomic E-state index is 12.5. The molecule has 1 aromatic rings. The Morgan fingerprint density at radius 3 is 2.86 bits per heavy atom. The van der Waals surface area contributed by atoms with E-state index in [1.165, 1.54) is 0 Å². The summed E-state index contributed by atoms with van der Waals surface area (Å²) >= 11 is 0. The number of hydrogen-bond acceptors (Lipinski definition) is 4. The van der Waals surface area contributed by atoms with Gasteiger partial charge in [-0.25, -0.2) is 0 Å². The van der Waals surface area contributed by atoms with Gasteiger partial charge in [0.1, 0.15) is 11.8 Å². The predicted molar refractivity (Wildman–Crippen MR) is 83.9 cm³/mol. The summed E-state index contributed by atoms with van der Waals surface area (Å²) in [4.78, 5) is 12.5. The number of aromatic nitrogens is 2. The Labute approximate surface area is 131 Å². The van der Waals surface area contributed by atoms with Crippen LogP contribution in [0, 0.1) is 0 Å². The van der Waals surface area contributed by atoms with Crippen LogP contribution in [-0.4, -0.2) is 46.2 Å². The summed E-state index contributed by atoms with van der Waals surface area (Å²) in [5.41, 5.74) is 1.46. The number of hydrogen-bond donors (Lipinski definition) is 2. The first kappa shape index (κ1) is 17.0. The van der Waals surface area contributed by atoms with Crippen molar-refractivity contribution >= 4 is 5.91 Å². The van der Waals surface area contributed by atoms with E-state index in [0.29, 0.717) is 12.2 Å². The van der Waals surface area contributed by atoms with Crippen LogP contribution in [-0.2, 0) is 11.3 Å². The van der Waals surface area contributed by atoms with Gasteiger partial charge in [-0.3, -0.25) is 9.48 Å². The van der Waals surface area contributed by atoms with Crippen molar-refractivity contribution in [3.8, 4) is 0 Å². The van der Waals surface area contributed by atoms with Crippen molar-refractivity contribution < 1.29 is 14.6 Å². The molecule has 3 atom stereocenters. The second kappa shape index (κ2) is 7.24. The predicted octanol–water partition coefficient (Wildman–Crippen LogP) is 1.68. The number of ether oxygens (including phenoxy) is 1. The molecule has 0 unspecified atom stereocenters. The number of methoxy groups -OCH3 is 1. The van der Waals surface area contributed by atoms with Crippen LogP contribution in [0.3, 0.4) is 0 Å². The Hall–Kier alpha value is -1.40. The average Bonchev–Trinajstić information content (AvgIpc) is 2.94. The molecule has 1 amide bonds. The minimum absolute atomic E-state index is 0.179. The molecule has 6 heteroatoms. The lowest BCUT2D eigenvalue weighted by Gasteiger charge is -2.34. The van der Waals surface area contributed by atoms with Gasteiger partial charge in [0.2, 0.25) is 0 Å². The van der Waals surface area contributed by atoms with E-state index in [0.717, 1.165) is 25.0 Å². The molecule has 2 N–H and O–H groups in total. The topological polar surface area (TPSA) is 76.4 Å². The lowest BCUT2D eigenvalue weighted by atomic mass is 9.90. The van der Waals surface area contributed by atoms with Gasteiger partial charge >= 0.3 is 0 Å². The SMILES string of the molecule is CCn1nc(C(C)C)cc1C(=O)N[C@@H]1CCC[C@@H](OC)[C@@H]1O. The highest BCUT2D eigenvalue weighted by atomic mass is 16.5. The number of aryl methyl sites for hydroxylation is 1. The van der Waals surface area contributed by atoms with Gasteiger partial charge < -0.3 is 15.2 Å². The van der Waals surface area contributed by atoms with E-state index in [1.54, 1.807) is 11.8 Å². The summed E-state index contributed by atoms with van der Waals surface area (Å²) in [6.45, 7) is 6.71. The molecule has 0 aromatic carbocycles. The van der Waals surface area contributed by atoms with Gasteiger partial charge in [0.05, 0.1) is 17.8 Å². The molecule has 2 rings (SSSR count). The normalized spacial score (nSPS) is 25.5. The highest BCUT2D eigenvalue weighted by Crippen LogP contribution is 2.22. The molecule has 0 radical (unpaired) electrons. The third kappa shape index (κ3) is 3.50. The Balaban J connectivity index is 2.11. The molecule has 1 heterocycles. The summed E-state index contributed by atoms with van der Waals surface area (Å²) < 4.78 is 7.00. The largest absolute Gasteiger partial charge is 0.388 e. The van der Waals surface area contributed by atoms with Gasteiger partial charge in [0, 0.05) is 13.7 Å². The van der Waals surface area contributed by atoms with Crippen molar-refractivity contribution in [2.75, 3.05) is 7.11 Å². The van der Waals surface area contributed by atoms with Crippen LogP contribution in [0.4, 0.5) is 0 Å². The van der Waals surface area contributed by atoms with E-state index in [1.807, 2.05) is 13.0 Å². The standard InChI is InChI=1S/C16H27N3O3/c1-5-19-13(9-12(18-19)10(2)3)16(21)17-11-7-6-8-14(22-4)15(11)20/h9-11,14-15,20H,5-8H2,1-4H3,(H,17,21)/t11-,14-,15-/m1/s1. The molecule has 124 valence electrons. The lowest BCUT2D eigenvalue weighted by Crippen LogP contribution is -2.51. The highest BCUT2D eigenvalue weighted by Gasteiger charge is 2.33.